The van der Waals surface area contributed by atoms with Crippen LogP contribution in [0, 0.1) is 10.8 Å². The Kier molecular flexibility index (Phi) is 5.38. The minimum absolute atomic E-state index is 0.0756. The maximum absolute atomic E-state index is 6.60. The van der Waals surface area contributed by atoms with Crippen molar-refractivity contribution in [1.82, 2.24) is 9.78 Å². The minimum atomic E-state index is -0.677. The van der Waals surface area contributed by atoms with Gasteiger partial charge in [-0.3, -0.25) is 0 Å². The average Bonchev–Trinajstić information content (AvgIpc) is 3.37. The van der Waals surface area contributed by atoms with Crippen molar-refractivity contribution < 1.29 is 18.9 Å². The standard InChI is InChI=1S/C30H36N2O4/c1-7-24-25(8-2)36-30(35-24)15-9-10-20-16-23-19(17-29(20,30)6)18-31-32(23)21-11-13-22(14-12-21)33-27-26(34-27)28(3,4)5/h7-8,11-14,16,18,24-27H,1-2,9-10,15,17H2,3-6H3/t24-,25-,26?,27?,29+/m1/s1. The van der Waals surface area contributed by atoms with Gasteiger partial charge in [0.1, 0.15) is 24.1 Å². The molecule has 190 valence electrons. The highest BCUT2D eigenvalue weighted by atomic mass is 16.8. The Morgan fingerprint density at radius 2 is 1.81 bits per heavy atom. The van der Waals surface area contributed by atoms with E-state index in [2.05, 4.69) is 59.1 Å². The summed E-state index contributed by atoms with van der Waals surface area (Å²) in [6, 6.07) is 8.09. The maximum Gasteiger partial charge on any atom is 0.227 e. The number of aromatic nitrogens is 2. The van der Waals surface area contributed by atoms with Crippen LogP contribution in [0.1, 0.15) is 58.2 Å². The van der Waals surface area contributed by atoms with Gasteiger partial charge in [-0.05, 0) is 60.6 Å². The number of epoxide rings is 1. The van der Waals surface area contributed by atoms with Crippen molar-refractivity contribution in [2.75, 3.05) is 0 Å². The van der Waals surface area contributed by atoms with Crippen LogP contribution in [0.25, 0.3) is 11.8 Å². The molecule has 0 amide bonds. The van der Waals surface area contributed by atoms with Crippen LogP contribution < -0.4 is 4.74 Å². The molecule has 3 fully saturated rings. The highest BCUT2D eigenvalue weighted by molar-refractivity contribution is 5.62. The third-order valence-electron chi connectivity index (χ3n) is 8.32. The van der Waals surface area contributed by atoms with Gasteiger partial charge in [-0.15, -0.1) is 13.2 Å². The molecule has 1 aromatic carbocycles. The summed E-state index contributed by atoms with van der Waals surface area (Å²) in [6.07, 6.45) is 11.3. The highest BCUT2D eigenvalue weighted by Crippen LogP contribution is 2.58. The number of benzene rings is 1. The van der Waals surface area contributed by atoms with E-state index in [1.165, 1.54) is 11.1 Å². The van der Waals surface area contributed by atoms with Gasteiger partial charge in [-0.1, -0.05) is 45.4 Å². The quantitative estimate of drug-likeness (QED) is 0.381. The zero-order chi connectivity index (χ0) is 25.3. The zero-order valence-corrected chi connectivity index (χ0v) is 21.7. The first-order chi connectivity index (χ1) is 17.2. The fourth-order valence-corrected chi connectivity index (χ4v) is 6.17. The Bertz CT molecular complexity index is 1200. The molecule has 2 aliphatic carbocycles. The lowest BCUT2D eigenvalue weighted by Gasteiger charge is -2.51. The van der Waals surface area contributed by atoms with Gasteiger partial charge in [-0.2, -0.15) is 5.10 Å². The Morgan fingerprint density at radius 3 is 2.42 bits per heavy atom. The van der Waals surface area contributed by atoms with E-state index in [-0.39, 0.29) is 35.4 Å². The maximum atomic E-state index is 6.60. The van der Waals surface area contributed by atoms with E-state index in [1.54, 1.807) is 0 Å². The van der Waals surface area contributed by atoms with Gasteiger partial charge in [0, 0.05) is 11.8 Å². The van der Waals surface area contributed by atoms with Crippen LogP contribution in [0.3, 0.4) is 0 Å². The van der Waals surface area contributed by atoms with E-state index in [4.69, 9.17) is 24.0 Å². The van der Waals surface area contributed by atoms with Crippen molar-refractivity contribution in [3.05, 3.63) is 72.6 Å². The summed E-state index contributed by atoms with van der Waals surface area (Å²) in [6.45, 7) is 16.7. The van der Waals surface area contributed by atoms with Crippen molar-refractivity contribution in [3.63, 3.8) is 0 Å². The second-order valence-corrected chi connectivity index (χ2v) is 11.8. The molecule has 4 aliphatic rings. The average molecular weight is 489 g/mol. The van der Waals surface area contributed by atoms with E-state index in [0.29, 0.717) is 0 Å². The van der Waals surface area contributed by atoms with E-state index in [0.717, 1.165) is 42.8 Å². The van der Waals surface area contributed by atoms with Crippen molar-refractivity contribution >= 4 is 6.08 Å². The molecule has 0 N–H and O–H groups in total. The van der Waals surface area contributed by atoms with E-state index in [9.17, 15) is 0 Å². The number of nitrogens with zero attached hydrogens (tertiary/aromatic N) is 2. The predicted octanol–water partition coefficient (Wildman–Crippen LogP) is 6.00. The molecule has 6 rings (SSSR count). The SMILES string of the molecule is C=C[C@H]1OC2(CCCC3=Cc4c(cnn4-c4ccc(OC5OC5C(C)(C)C)cc4)C[C@@]32C)O[C@@H]1C=C. The normalized spacial score (nSPS) is 32.4. The Morgan fingerprint density at radius 1 is 1.11 bits per heavy atom. The van der Waals surface area contributed by atoms with Crippen LogP contribution in [-0.2, 0) is 20.6 Å². The molecule has 2 aromatic rings. The number of ether oxygens (including phenoxy) is 4. The summed E-state index contributed by atoms with van der Waals surface area (Å²) in [7, 11) is 0. The minimum Gasteiger partial charge on any atom is -0.462 e. The molecule has 2 aliphatic heterocycles. The second-order valence-electron chi connectivity index (χ2n) is 11.8. The number of hydrogen-bond donors (Lipinski definition) is 0. The first kappa shape index (κ1) is 23.7. The Hall–Kier alpha value is -2.67. The zero-order valence-electron chi connectivity index (χ0n) is 21.7. The third-order valence-corrected chi connectivity index (χ3v) is 8.32. The summed E-state index contributed by atoms with van der Waals surface area (Å²) in [5, 5.41) is 4.77. The first-order valence-electron chi connectivity index (χ1n) is 13.0. The van der Waals surface area contributed by atoms with Crippen LogP contribution in [0.2, 0.25) is 0 Å². The lowest BCUT2D eigenvalue weighted by Crippen LogP contribution is -2.53. The van der Waals surface area contributed by atoms with Gasteiger partial charge >= 0.3 is 0 Å². The highest BCUT2D eigenvalue weighted by Gasteiger charge is 2.61. The lowest BCUT2D eigenvalue weighted by atomic mass is 9.62. The topological polar surface area (TPSA) is 58.0 Å². The number of hydrogen-bond acceptors (Lipinski definition) is 5. The van der Waals surface area contributed by atoms with Gasteiger partial charge in [0.05, 0.1) is 17.6 Å². The summed E-state index contributed by atoms with van der Waals surface area (Å²) < 4.78 is 26.9. The van der Waals surface area contributed by atoms with Gasteiger partial charge in [0.2, 0.25) is 6.29 Å². The molecule has 6 heteroatoms. The third kappa shape index (κ3) is 3.61. The van der Waals surface area contributed by atoms with Crippen molar-refractivity contribution in [3.8, 4) is 11.4 Å². The molecule has 5 atom stereocenters. The van der Waals surface area contributed by atoms with Crippen LogP contribution >= 0.6 is 0 Å². The molecular weight excluding hydrogens is 452 g/mol. The summed E-state index contributed by atoms with van der Waals surface area (Å²) in [5.41, 5.74) is 4.50. The molecule has 1 spiro atoms. The molecule has 1 aromatic heterocycles. The van der Waals surface area contributed by atoms with Crippen molar-refractivity contribution in [1.29, 1.82) is 0 Å². The molecule has 1 saturated carbocycles. The van der Waals surface area contributed by atoms with Gasteiger partial charge < -0.3 is 18.9 Å². The Balaban J connectivity index is 1.26. The molecule has 3 heterocycles. The smallest absolute Gasteiger partial charge is 0.227 e. The fourth-order valence-electron chi connectivity index (χ4n) is 6.17. The van der Waals surface area contributed by atoms with Crippen molar-refractivity contribution in [2.24, 2.45) is 10.8 Å². The summed E-state index contributed by atoms with van der Waals surface area (Å²) in [5.74, 6) is 0.129. The van der Waals surface area contributed by atoms with Gasteiger partial charge in [0.25, 0.3) is 0 Å². The van der Waals surface area contributed by atoms with Gasteiger partial charge in [-0.25, -0.2) is 4.68 Å². The molecular formula is C30H36N2O4. The molecule has 6 nitrogen and oxygen atoms in total. The number of fused-ring (bicyclic) bond motifs is 3. The summed E-state index contributed by atoms with van der Waals surface area (Å²) in [4.78, 5) is 0. The number of rotatable bonds is 5. The van der Waals surface area contributed by atoms with Crippen LogP contribution in [0.15, 0.2) is 61.3 Å². The molecule has 36 heavy (non-hydrogen) atoms. The molecule has 0 bridgehead atoms. The molecule has 2 saturated heterocycles. The van der Waals surface area contributed by atoms with E-state index in [1.807, 2.05) is 35.2 Å². The Labute approximate surface area is 213 Å². The first-order valence-corrected chi connectivity index (χ1v) is 13.0. The van der Waals surface area contributed by atoms with Crippen LogP contribution in [0.4, 0.5) is 0 Å². The van der Waals surface area contributed by atoms with Crippen LogP contribution in [0.5, 0.6) is 5.75 Å². The molecule has 2 unspecified atom stereocenters. The van der Waals surface area contributed by atoms with E-state index < -0.39 is 5.79 Å². The van der Waals surface area contributed by atoms with Crippen LogP contribution in [-0.4, -0.2) is 40.2 Å². The van der Waals surface area contributed by atoms with E-state index >= 15 is 0 Å². The monoisotopic (exact) mass is 488 g/mol. The fraction of sp³-hybridized carbons (Fsp3) is 0.500. The van der Waals surface area contributed by atoms with Gasteiger partial charge in [0.15, 0.2) is 5.79 Å². The summed E-state index contributed by atoms with van der Waals surface area (Å²) >= 11 is 0. The largest absolute Gasteiger partial charge is 0.462 e. The second kappa shape index (κ2) is 8.17. The van der Waals surface area contributed by atoms with Crippen molar-refractivity contribution in [2.45, 2.75) is 83.8 Å². The lowest BCUT2D eigenvalue weighted by molar-refractivity contribution is -0.243. The predicted molar refractivity (Wildman–Crippen MR) is 139 cm³/mol. The molecule has 0 radical (unpaired) electrons.